The highest BCUT2D eigenvalue weighted by Gasteiger charge is 2.04. The van der Waals surface area contributed by atoms with Crippen molar-refractivity contribution in [2.75, 3.05) is 5.73 Å². The van der Waals surface area contributed by atoms with E-state index in [0.29, 0.717) is 5.69 Å². The molecule has 0 saturated heterocycles. The molecule has 0 unspecified atom stereocenters. The van der Waals surface area contributed by atoms with Crippen LogP contribution in [0.4, 0.5) is 5.69 Å². The Labute approximate surface area is 74.6 Å². The third kappa shape index (κ3) is 1.18. The molecule has 0 aliphatic heterocycles. The first kappa shape index (κ1) is 7.55. The van der Waals surface area contributed by atoms with Crippen LogP contribution in [0.2, 0.25) is 0 Å². The molecule has 1 heterocycles. The van der Waals surface area contributed by atoms with Crippen LogP contribution in [0.3, 0.4) is 0 Å². The van der Waals surface area contributed by atoms with Crippen LogP contribution in [-0.2, 0) is 6.67 Å². The molecular formula is C8H7N5. The molecule has 2 N–H and O–H groups in total. The average molecular weight is 173 g/mol. The third-order valence-electron chi connectivity index (χ3n) is 1.74. The highest BCUT2D eigenvalue weighted by Crippen LogP contribution is 2.14. The fourth-order valence-corrected chi connectivity index (χ4v) is 1.16. The molecule has 5 heteroatoms. The van der Waals surface area contributed by atoms with Gasteiger partial charge in [0.15, 0.2) is 0 Å². The Morgan fingerprint density at radius 2 is 2.38 bits per heavy atom. The lowest BCUT2D eigenvalue weighted by Gasteiger charge is -1.92. The second kappa shape index (κ2) is 2.75. The normalized spacial score (nSPS) is 10.1. The van der Waals surface area contributed by atoms with Gasteiger partial charge in [-0.2, -0.15) is 4.68 Å². The fraction of sp³-hybridized carbons (Fsp3) is 0.125. The smallest absolute Gasteiger partial charge is 0.309 e. The molecule has 0 amide bonds. The maximum atomic E-state index is 6.71. The van der Waals surface area contributed by atoms with Crippen molar-refractivity contribution < 1.29 is 0 Å². The van der Waals surface area contributed by atoms with Crippen molar-refractivity contribution in [2.45, 2.75) is 6.67 Å². The van der Waals surface area contributed by atoms with E-state index in [1.165, 1.54) is 0 Å². The molecular weight excluding hydrogens is 166 g/mol. The second-order valence-electron chi connectivity index (χ2n) is 2.64. The number of hydrogen-bond acceptors (Lipinski definition) is 3. The molecule has 0 radical (unpaired) electrons. The fourth-order valence-electron chi connectivity index (χ4n) is 1.16. The zero-order valence-corrected chi connectivity index (χ0v) is 6.81. The van der Waals surface area contributed by atoms with Gasteiger partial charge >= 0.3 is 6.67 Å². The van der Waals surface area contributed by atoms with Crippen molar-refractivity contribution in [3.8, 4) is 0 Å². The minimum Gasteiger partial charge on any atom is -0.399 e. The maximum Gasteiger partial charge on any atom is 0.309 e. The Bertz CT molecular complexity index is 479. The van der Waals surface area contributed by atoms with Gasteiger partial charge in [0.05, 0.1) is 5.52 Å². The van der Waals surface area contributed by atoms with Gasteiger partial charge < -0.3 is 5.73 Å². The van der Waals surface area contributed by atoms with Gasteiger partial charge in [0, 0.05) is 5.69 Å². The van der Waals surface area contributed by atoms with Crippen LogP contribution in [0.25, 0.3) is 15.9 Å². The molecule has 1 aromatic carbocycles. The number of hydrogen-bond donors (Lipinski definition) is 1. The summed E-state index contributed by atoms with van der Waals surface area (Å²) in [5.41, 5.74) is 7.79. The molecule has 0 fully saturated rings. The van der Waals surface area contributed by atoms with E-state index in [-0.39, 0.29) is 6.67 Å². The zero-order valence-electron chi connectivity index (χ0n) is 6.81. The van der Waals surface area contributed by atoms with E-state index < -0.39 is 0 Å². The number of nitrogens with zero attached hydrogens (tertiary/aromatic N) is 4. The quantitative estimate of drug-likeness (QED) is 0.514. The van der Waals surface area contributed by atoms with E-state index in [4.69, 9.17) is 12.3 Å². The molecule has 13 heavy (non-hydrogen) atoms. The summed E-state index contributed by atoms with van der Waals surface area (Å²) < 4.78 is 1.54. The van der Waals surface area contributed by atoms with Crippen LogP contribution >= 0.6 is 0 Å². The monoisotopic (exact) mass is 173 g/mol. The molecule has 0 saturated carbocycles. The summed E-state index contributed by atoms with van der Waals surface area (Å²) >= 11 is 0. The van der Waals surface area contributed by atoms with Crippen LogP contribution in [0.1, 0.15) is 0 Å². The van der Waals surface area contributed by atoms with Crippen LogP contribution in [0.5, 0.6) is 0 Å². The predicted molar refractivity (Wildman–Crippen MR) is 48.5 cm³/mol. The molecule has 64 valence electrons. The molecule has 0 aliphatic rings. The van der Waals surface area contributed by atoms with E-state index >= 15 is 0 Å². The number of rotatable bonds is 1. The van der Waals surface area contributed by atoms with Crippen LogP contribution in [-0.4, -0.2) is 15.0 Å². The summed E-state index contributed by atoms with van der Waals surface area (Å²) in [5.74, 6) is 0. The Hall–Kier alpha value is -2.09. The Morgan fingerprint density at radius 1 is 1.54 bits per heavy atom. The third-order valence-corrected chi connectivity index (χ3v) is 1.74. The SMILES string of the molecule is [C-]#[N+]Cn1nnc2cc(N)ccc21. The van der Waals surface area contributed by atoms with Gasteiger partial charge in [-0.1, -0.05) is 5.21 Å². The van der Waals surface area contributed by atoms with Crippen molar-refractivity contribution in [2.24, 2.45) is 0 Å². The molecule has 0 atom stereocenters. The Balaban J connectivity index is 2.63. The lowest BCUT2D eigenvalue weighted by atomic mass is 10.3. The van der Waals surface area contributed by atoms with Crippen LogP contribution < -0.4 is 5.73 Å². The van der Waals surface area contributed by atoms with Gasteiger partial charge in [-0.05, 0) is 18.2 Å². The number of nitrogen functional groups attached to an aromatic ring is 1. The number of aromatic nitrogens is 3. The van der Waals surface area contributed by atoms with Gasteiger partial charge in [-0.25, -0.2) is 6.57 Å². The molecule has 1 aromatic heterocycles. The highest BCUT2D eigenvalue weighted by atomic mass is 15.4. The summed E-state index contributed by atoms with van der Waals surface area (Å²) in [4.78, 5) is 3.23. The van der Waals surface area contributed by atoms with Gasteiger partial charge in [0.25, 0.3) is 0 Å². The van der Waals surface area contributed by atoms with Crippen LogP contribution in [0.15, 0.2) is 18.2 Å². The topological polar surface area (TPSA) is 61.1 Å². The summed E-state index contributed by atoms with van der Waals surface area (Å²) in [6.45, 7) is 6.90. The minimum atomic E-state index is 0.195. The first-order valence-electron chi connectivity index (χ1n) is 3.73. The molecule has 2 aromatic rings. The highest BCUT2D eigenvalue weighted by molar-refractivity contribution is 5.77. The number of benzene rings is 1. The van der Waals surface area contributed by atoms with E-state index in [9.17, 15) is 0 Å². The van der Waals surface area contributed by atoms with Crippen molar-refractivity contribution in [1.29, 1.82) is 0 Å². The maximum absolute atomic E-state index is 6.71. The largest absolute Gasteiger partial charge is 0.399 e. The minimum absolute atomic E-state index is 0.195. The van der Waals surface area contributed by atoms with Crippen molar-refractivity contribution >= 4 is 16.7 Å². The number of nitrogens with two attached hydrogens (primary N) is 1. The van der Waals surface area contributed by atoms with Gasteiger partial charge in [-0.3, -0.25) is 4.85 Å². The van der Waals surface area contributed by atoms with E-state index in [1.54, 1.807) is 16.8 Å². The van der Waals surface area contributed by atoms with E-state index in [2.05, 4.69) is 15.2 Å². The van der Waals surface area contributed by atoms with Crippen molar-refractivity contribution in [1.82, 2.24) is 15.0 Å². The van der Waals surface area contributed by atoms with Crippen molar-refractivity contribution in [3.05, 3.63) is 29.6 Å². The Morgan fingerprint density at radius 3 is 3.15 bits per heavy atom. The lowest BCUT2D eigenvalue weighted by Crippen LogP contribution is -1.95. The van der Waals surface area contributed by atoms with Gasteiger partial charge in [0.2, 0.25) is 0 Å². The standard InChI is InChI=1S/C8H7N5/c1-10-5-13-8-3-2-6(9)4-7(8)11-12-13/h2-4H,5,9H2. The first-order chi connectivity index (χ1) is 6.31. The number of anilines is 1. The summed E-state index contributed by atoms with van der Waals surface area (Å²) in [6.07, 6.45) is 0. The zero-order chi connectivity index (χ0) is 9.26. The molecule has 2 rings (SSSR count). The summed E-state index contributed by atoms with van der Waals surface area (Å²) in [7, 11) is 0. The molecule has 5 nitrogen and oxygen atoms in total. The molecule has 0 aliphatic carbocycles. The lowest BCUT2D eigenvalue weighted by molar-refractivity contribution is 0.680. The second-order valence-corrected chi connectivity index (χ2v) is 2.64. The van der Waals surface area contributed by atoms with E-state index in [1.807, 2.05) is 6.07 Å². The summed E-state index contributed by atoms with van der Waals surface area (Å²) in [6, 6.07) is 5.32. The first-order valence-corrected chi connectivity index (χ1v) is 3.73. The van der Waals surface area contributed by atoms with Crippen LogP contribution in [0, 0.1) is 6.57 Å². The van der Waals surface area contributed by atoms with E-state index in [0.717, 1.165) is 11.0 Å². The Kier molecular flexibility index (Phi) is 1.60. The van der Waals surface area contributed by atoms with Gasteiger partial charge in [0.1, 0.15) is 5.52 Å². The predicted octanol–water partition coefficient (Wildman–Crippen LogP) is 0.890. The average Bonchev–Trinajstić information content (AvgIpc) is 2.49. The van der Waals surface area contributed by atoms with Crippen molar-refractivity contribution in [3.63, 3.8) is 0 Å². The number of fused-ring (bicyclic) bond motifs is 1. The summed E-state index contributed by atoms with van der Waals surface area (Å²) in [5, 5.41) is 7.71. The van der Waals surface area contributed by atoms with Gasteiger partial charge in [-0.15, -0.1) is 5.10 Å². The molecule has 0 spiro atoms. The molecule has 0 bridgehead atoms.